The highest BCUT2D eigenvalue weighted by Crippen LogP contribution is 2.36. The average Bonchev–Trinajstić information content (AvgIpc) is 2.91. The molecule has 28 heavy (non-hydrogen) atoms. The molecule has 0 aromatic heterocycles. The molecule has 1 unspecified atom stereocenters. The summed E-state index contributed by atoms with van der Waals surface area (Å²) >= 11 is 6.66. The largest absolute Gasteiger partial charge is 0.479 e. The molecule has 2 aromatic carbocycles. The van der Waals surface area contributed by atoms with Crippen LogP contribution in [-0.2, 0) is 9.59 Å². The summed E-state index contributed by atoms with van der Waals surface area (Å²) in [5.41, 5.74) is 3.72. The molecule has 1 fully saturated rings. The zero-order valence-corrected chi connectivity index (χ0v) is 17.3. The van der Waals surface area contributed by atoms with Crippen molar-refractivity contribution in [3.63, 3.8) is 0 Å². The van der Waals surface area contributed by atoms with E-state index in [4.69, 9.17) is 22.1 Å². The number of benzene rings is 2. The molecule has 2 aromatic rings. The van der Waals surface area contributed by atoms with E-state index in [1.807, 2.05) is 38.1 Å². The predicted molar refractivity (Wildman–Crippen MR) is 116 cm³/mol. The van der Waals surface area contributed by atoms with Crippen LogP contribution < -0.4 is 9.64 Å². The molecule has 7 heteroatoms. The van der Waals surface area contributed by atoms with Crippen LogP contribution >= 0.6 is 24.0 Å². The fourth-order valence-electron chi connectivity index (χ4n) is 2.64. The Bertz CT molecular complexity index is 1000. The number of carbonyl (C=O) groups excluding carboxylic acids is 1. The molecule has 1 heterocycles. The summed E-state index contributed by atoms with van der Waals surface area (Å²) < 4.78 is 5.87. The Morgan fingerprint density at radius 2 is 1.96 bits per heavy atom. The van der Waals surface area contributed by atoms with Gasteiger partial charge in [-0.25, -0.2) is 4.79 Å². The summed E-state index contributed by atoms with van der Waals surface area (Å²) in [4.78, 5) is 25.9. The van der Waals surface area contributed by atoms with Crippen molar-refractivity contribution in [2.75, 3.05) is 4.90 Å². The van der Waals surface area contributed by atoms with E-state index >= 15 is 0 Å². The average molecular weight is 414 g/mol. The molecule has 0 spiro atoms. The van der Waals surface area contributed by atoms with Crippen LogP contribution in [-0.4, -0.2) is 27.4 Å². The number of thioether (sulfide) groups is 1. The van der Waals surface area contributed by atoms with Gasteiger partial charge in [-0.3, -0.25) is 9.69 Å². The quantitative estimate of drug-likeness (QED) is 0.573. The van der Waals surface area contributed by atoms with E-state index in [0.29, 0.717) is 15.0 Å². The summed E-state index contributed by atoms with van der Waals surface area (Å²) in [6.45, 7) is 5.48. The maximum Gasteiger partial charge on any atom is 0.344 e. The van der Waals surface area contributed by atoms with Crippen molar-refractivity contribution in [1.82, 2.24) is 0 Å². The van der Waals surface area contributed by atoms with E-state index in [1.54, 1.807) is 24.3 Å². The highest BCUT2D eigenvalue weighted by atomic mass is 32.2. The third-order valence-electron chi connectivity index (χ3n) is 4.36. The van der Waals surface area contributed by atoms with Crippen molar-refractivity contribution in [2.24, 2.45) is 0 Å². The predicted octanol–water partition coefficient (Wildman–Crippen LogP) is 4.56. The lowest BCUT2D eigenvalue weighted by atomic mass is 10.1. The van der Waals surface area contributed by atoms with E-state index in [9.17, 15) is 9.59 Å². The Labute approximate surface area is 173 Å². The van der Waals surface area contributed by atoms with Gasteiger partial charge in [0, 0.05) is 0 Å². The highest BCUT2D eigenvalue weighted by molar-refractivity contribution is 8.27. The number of rotatable bonds is 5. The number of amides is 1. The minimum absolute atomic E-state index is 0.177. The fraction of sp³-hybridized carbons (Fsp3) is 0.190. The molecule has 1 amide bonds. The first-order valence-corrected chi connectivity index (χ1v) is 9.83. The second-order valence-electron chi connectivity index (χ2n) is 6.46. The number of nitrogens with zero attached hydrogens (tertiary/aromatic N) is 1. The van der Waals surface area contributed by atoms with Crippen molar-refractivity contribution in [2.45, 2.75) is 26.9 Å². The molecule has 1 aliphatic heterocycles. The molecule has 0 aliphatic carbocycles. The summed E-state index contributed by atoms with van der Waals surface area (Å²) in [5.74, 6) is -0.795. The van der Waals surface area contributed by atoms with Crippen molar-refractivity contribution in [3.8, 4) is 5.75 Å². The fourth-order valence-corrected chi connectivity index (χ4v) is 3.94. The summed E-state index contributed by atoms with van der Waals surface area (Å²) in [7, 11) is 0. The van der Waals surface area contributed by atoms with Crippen molar-refractivity contribution < 1.29 is 19.4 Å². The molecule has 1 aliphatic rings. The Balaban J connectivity index is 1.85. The van der Waals surface area contributed by atoms with Crippen LogP contribution in [0.25, 0.3) is 6.08 Å². The van der Waals surface area contributed by atoms with Crippen LogP contribution in [0.4, 0.5) is 5.69 Å². The Kier molecular flexibility index (Phi) is 5.86. The van der Waals surface area contributed by atoms with E-state index in [2.05, 4.69) is 0 Å². The summed E-state index contributed by atoms with van der Waals surface area (Å²) in [5, 5.41) is 8.98. The second-order valence-corrected chi connectivity index (χ2v) is 8.13. The molecule has 0 radical (unpaired) electrons. The number of carboxylic acids is 1. The Hall–Kier alpha value is -2.64. The Morgan fingerprint density at radius 1 is 1.21 bits per heavy atom. The molecule has 0 bridgehead atoms. The van der Waals surface area contributed by atoms with Crippen LogP contribution in [0.2, 0.25) is 0 Å². The van der Waals surface area contributed by atoms with Gasteiger partial charge in [-0.15, -0.1) is 0 Å². The number of carboxylic acid groups (broad SMARTS) is 1. The number of carbonyl (C=O) groups is 2. The summed E-state index contributed by atoms with van der Waals surface area (Å²) in [6, 6.07) is 12.7. The van der Waals surface area contributed by atoms with Gasteiger partial charge in [0.15, 0.2) is 10.4 Å². The Morgan fingerprint density at radius 3 is 2.64 bits per heavy atom. The first kappa shape index (κ1) is 20.1. The molecule has 144 valence electrons. The van der Waals surface area contributed by atoms with Gasteiger partial charge in [-0.05, 0) is 67.8 Å². The minimum atomic E-state index is -1.04. The van der Waals surface area contributed by atoms with Crippen LogP contribution in [0.15, 0.2) is 47.4 Å². The maximum absolute atomic E-state index is 12.9. The van der Waals surface area contributed by atoms with Gasteiger partial charge in [0.05, 0.1) is 10.6 Å². The van der Waals surface area contributed by atoms with Gasteiger partial charge in [0.2, 0.25) is 0 Å². The number of ether oxygens (including phenoxy) is 1. The zero-order chi connectivity index (χ0) is 20.4. The number of anilines is 1. The number of hydrogen-bond donors (Lipinski definition) is 1. The van der Waals surface area contributed by atoms with Crippen LogP contribution in [0.1, 0.15) is 23.6 Å². The standard InChI is InChI=1S/C21H19NO4S2/c1-12-7-8-16(9-13(12)2)22-19(23)18(28-21(22)27)11-15-5-4-6-17(10-15)26-14(3)20(24)25/h4-11,14H,1-3H3,(H,24,25)/b18-11+. The normalized spacial score (nSPS) is 16.5. The van der Waals surface area contributed by atoms with Crippen LogP contribution in [0.5, 0.6) is 5.75 Å². The smallest absolute Gasteiger partial charge is 0.344 e. The highest BCUT2D eigenvalue weighted by Gasteiger charge is 2.33. The van der Waals surface area contributed by atoms with Crippen LogP contribution in [0, 0.1) is 13.8 Å². The maximum atomic E-state index is 12.9. The molecule has 1 saturated heterocycles. The van der Waals surface area contributed by atoms with Gasteiger partial charge in [0.1, 0.15) is 5.75 Å². The van der Waals surface area contributed by atoms with Crippen molar-refractivity contribution >= 4 is 51.9 Å². The SMILES string of the molecule is Cc1ccc(N2C(=O)/C(=C\c3cccc(OC(C)C(=O)O)c3)SC2=S)cc1C. The number of thiocarbonyl (C=S) groups is 1. The van der Waals surface area contributed by atoms with E-state index in [-0.39, 0.29) is 5.91 Å². The van der Waals surface area contributed by atoms with E-state index in [0.717, 1.165) is 22.4 Å². The monoisotopic (exact) mass is 413 g/mol. The van der Waals surface area contributed by atoms with E-state index < -0.39 is 12.1 Å². The van der Waals surface area contributed by atoms with Crippen molar-refractivity contribution in [1.29, 1.82) is 0 Å². The lowest BCUT2D eigenvalue weighted by Gasteiger charge is -2.16. The van der Waals surface area contributed by atoms with Gasteiger partial charge in [-0.2, -0.15) is 0 Å². The third kappa shape index (κ3) is 4.26. The second kappa shape index (κ2) is 8.16. The molecular formula is C21H19NO4S2. The first-order valence-electron chi connectivity index (χ1n) is 8.61. The molecule has 3 rings (SSSR count). The minimum Gasteiger partial charge on any atom is -0.479 e. The topological polar surface area (TPSA) is 66.8 Å². The lowest BCUT2D eigenvalue weighted by Crippen LogP contribution is -2.27. The van der Waals surface area contributed by atoms with Gasteiger partial charge in [-0.1, -0.05) is 42.2 Å². The van der Waals surface area contributed by atoms with Gasteiger partial charge in [0.25, 0.3) is 5.91 Å². The molecule has 1 atom stereocenters. The van der Waals surface area contributed by atoms with Gasteiger partial charge >= 0.3 is 5.97 Å². The summed E-state index contributed by atoms with van der Waals surface area (Å²) in [6.07, 6.45) is 0.775. The molecule has 5 nitrogen and oxygen atoms in total. The molecular weight excluding hydrogens is 394 g/mol. The van der Waals surface area contributed by atoms with Crippen molar-refractivity contribution in [3.05, 3.63) is 64.1 Å². The number of aryl methyl sites for hydroxylation is 2. The van der Waals surface area contributed by atoms with Crippen LogP contribution in [0.3, 0.4) is 0 Å². The van der Waals surface area contributed by atoms with E-state index in [1.165, 1.54) is 23.6 Å². The number of aliphatic carboxylic acids is 1. The molecule has 0 saturated carbocycles. The molecule has 1 N–H and O–H groups in total. The zero-order valence-electron chi connectivity index (χ0n) is 15.6. The first-order chi connectivity index (χ1) is 13.3. The number of hydrogen-bond acceptors (Lipinski definition) is 5. The third-order valence-corrected chi connectivity index (χ3v) is 5.66. The lowest BCUT2D eigenvalue weighted by molar-refractivity contribution is -0.144. The van der Waals surface area contributed by atoms with Gasteiger partial charge < -0.3 is 9.84 Å².